The number of nitrogens with one attached hydrogen (secondary N) is 2. The summed E-state index contributed by atoms with van der Waals surface area (Å²) in [5.74, 6) is 1.81. The Hall–Kier alpha value is -3.08. The Kier molecular flexibility index (Phi) is 6.44. The summed E-state index contributed by atoms with van der Waals surface area (Å²) < 4.78 is 2.17. The monoisotopic (exact) mass is 506 g/mol. The fraction of sp³-hybridized carbons (Fsp3) is 0.462. The molecule has 0 aromatic carbocycles. The number of thiophene rings is 1. The van der Waals surface area contributed by atoms with Crippen LogP contribution in [0.5, 0.6) is 0 Å². The van der Waals surface area contributed by atoms with Gasteiger partial charge in [-0.05, 0) is 90.7 Å². The van der Waals surface area contributed by atoms with Crippen molar-refractivity contribution < 1.29 is 5.11 Å². The molecule has 0 spiro atoms. The van der Waals surface area contributed by atoms with Gasteiger partial charge in [-0.25, -0.2) is 9.97 Å². The summed E-state index contributed by atoms with van der Waals surface area (Å²) in [5, 5.41) is 25.2. The van der Waals surface area contributed by atoms with Crippen molar-refractivity contribution in [3.63, 3.8) is 0 Å². The number of aryl methyl sites for hydroxylation is 2. The lowest BCUT2D eigenvalue weighted by Crippen LogP contribution is -2.32. The second-order valence-electron chi connectivity index (χ2n) is 10.2. The van der Waals surface area contributed by atoms with Crippen LogP contribution in [0.4, 0.5) is 23.3 Å². The molecule has 36 heavy (non-hydrogen) atoms. The molecule has 9 nitrogen and oxygen atoms in total. The molecular formula is C26H34N8OS. The van der Waals surface area contributed by atoms with Crippen molar-refractivity contribution in [2.45, 2.75) is 59.1 Å². The van der Waals surface area contributed by atoms with Gasteiger partial charge in [0.1, 0.15) is 22.1 Å². The van der Waals surface area contributed by atoms with Crippen molar-refractivity contribution in [3.05, 3.63) is 46.2 Å². The number of nitrogens with zero attached hydrogens (tertiary/aromatic N) is 6. The SMILES string of the molecule is Cc1nn(C2CCN(C)CC2)c(C)c1Nc1nc(Nc2cccc(C(C)(C)O)n2)c2c(C)csc2n1. The topological polar surface area (TPSA) is 104 Å². The molecule has 0 bridgehead atoms. The quantitative estimate of drug-likeness (QED) is 0.328. The maximum Gasteiger partial charge on any atom is 0.230 e. The van der Waals surface area contributed by atoms with Crippen LogP contribution in [0.25, 0.3) is 10.2 Å². The fourth-order valence-electron chi connectivity index (χ4n) is 4.75. The maximum atomic E-state index is 10.4. The van der Waals surface area contributed by atoms with Gasteiger partial charge in [0.25, 0.3) is 0 Å². The van der Waals surface area contributed by atoms with E-state index in [0.29, 0.717) is 29.3 Å². The number of hydrogen-bond acceptors (Lipinski definition) is 9. The van der Waals surface area contributed by atoms with E-state index in [4.69, 9.17) is 15.1 Å². The molecule has 190 valence electrons. The number of anilines is 4. The number of likely N-dealkylation sites (tertiary alicyclic amines) is 1. The van der Waals surface area contributed by atoms with Gasteiger partial charge in [-0.2, -0.15) is 10.1 Å². The van der Waals surface area contributed by atoms with Crippen LogP contribution in [-0.4, -0.2) is 54.9 Å². The zero-order valence-corrected chi connectivity index (χ0v) is 22.6. The summed E-state index contributed by atoms with van der Waals surface area (Å²) >= 11 is 1.59. The molecule has 4 aromatic rings. The van der Waals surface area contributed by atoms with Gasteiger partial charge in [0, 0.05) is 0 Å². The number of pyridine rings is 1. The molecular weight excluding hydrogens is 472 g/mol. The Morgan fingerprint density at radius 1 is 1.06 bits per heavy atom. The van der Waals surface area contributed by atoms with Crippen molar-refractivity contribution in [3.8, 4) is 0 Å². The van der Waals surface area contributed by atoms with Crippen LogP contribution in [0, 0.1) is 20.8 Å². The van der Waals surface area contributed by atoms with Crippen LogP contribution in [-0.2, 0) is 5.60 Å². The molecule has 4 aromatic heterocycles. The maximum absolute atomic E-state index is 10.4. The lowest BCUT2D eigenvalue weighted by Gasteiger charge is -2.29. The third-order valence-electron chi connectivity index (χ3n) is 6.84. The van der Waals surface area contributed by atoms with Crippen LogP contribution in [0.15, 0.2) is 23.6 Å². The number of hydrogen-bond donors (Lipinski definition) is 3. The van der Waals surface area contributed by atoms with Gasteiger partial charge in [-0.15, -0.1) is 11.3 Å². The molecule has 0 unspecified atom stereocenters. The zero-order chi connectivity index (χ0) is 25.6. The van der Waals surface area contributed by atoms with Crippen LogP contribution < -0.4 is 10.6 Å². The second kappa shape index (κ2) is 9.42. The number of fused-ring (bicyclic) bond motifs is 1. The summed E-state index contributed by atoms with van der Waals surface area (Å²) in [7, 11) is 2.17. The van der Waals surface area contributed by atoms with E-state index in [1.54, 1.807) is 25.2 Å². The van der Waals surface area contributed by atoms with Gasteiger partial charge in [0.05, 0.1) is 34.2 Å². The number of rotatable bonds is 6. The molecule has 1 fully saturated rings. The van der Waals surface area contributed by atoms with Gasteiger partial charge in [0.15, 0.2) is 0 Å². The predicted octanol–water partition coefficient (Wildman–Crippen LogP) is 5.19. The smallest absolute Gasteiger partial charge is 0.230 e. The van der Waals surface area contributed by atoms with E-state index in [2.05, 4.69) is 51.5 Å². The highest BCUT2D eigenvalue weighted by molar-refractivity contribution is 7.17. The standard InChI is InChI=1S/C26H34N8OS/c1-15-14-36-24-21(15)23(28-20-9-7-8-19(27-20)26(4,5)35)30-25(31-24)29-22-16(2)32-34(17(22)3)18-10-12-33(6)13-11-18/h7-9,14,18,35H,10-13H2,1-6H3,(H2,27,28,29,30,31). The van der Waals surface area contributed by atoms with Crippen molar-refractivity contribution in [1.82, 2.24) is 29.6 Å². The third kappa shape index (κ3) is 4.80. The highest BCUT2D eigenvalue weighted by Crippen LogP contribution is 2.34. The van der Waals surface area contributed by atoms with Crippen molar-refractivity contribution in [2.75, 3.05) is 30.8 Å². The van der Waals surface area contributed by atoms with E-state index in [1.165, 1.54) is 0 Å². The first-order chi connectivity index (χ1) is 17.1. The lowest BCUT2D eigenvalue weighted by molar-refractivity contribution is 0.0740. The molecule has 10 heteroatoms. The summed E-state index contributed by atoms with van der Waals surface area (Å²) in [6.45, 7) is 11.8. The normalized spacial score (nSPS) is 15.5. The van der Waals surface area contributed by atoms with Crippen LogP contribution in [0.2, 0.25) is 0 Å². The van der Waals surface area contributed by atoms with Crippen molar-refractivity contribution in [1.29, 1.82) is 0 Å². The molecule has 1 aliphatic rings. The first kappa shape index (κ1) is 24.6. The Morgan fingerprint density at radius 3 is 2.53 bits per heavy atom. The van der Waals surface area contributed by atoms with Crippen molar-refractivity contribution in [2.24, 2.45) is 0 Å². The van der Waals surface area contributed by atoms with Gasteiger partial charge in [-0.3, -0.25) is 4.68 Å². The molecule has 0 saturated carbocycles. The molecule has 0 aliphatic carbocycles. The average molecular weight is 507 g/mol. The molecule has 3 N–H and O–H groups in total. The number of aromatic nitrogens is 5. The second-order valence-corrected chi connectivity index (χ2v) is 11.1. The van der Waals surface area contributed by atoms with Gasteiger partial charge in [-0.1, -0.05) is 6.07 Å². The van der Waals surface area contributed by atoms with E-state index < -0.39 is 5.60 Å². The minimum absolute atomic E-state index is 0.408. The minimum atomic E-state index is -1.04. The van der Waals surface area contributed by atoms with Crippen LogP contribution in [0.1, 0.15) is 55.4 Å². The molecule has 0 radical (unpaired) electrons. The molecule has 0 amide bonds. The molecule has 5 rings (SSSR count). The Balaban J connectivity index is 1.48. The third-order valence-corrected chi connectivity index (χ3v) is 7.83. The lowest BCUT2D eigenvalue weighted by atomic mass is 10.1. The molecule has 1 saturated heterocycles. The van der Waals surface area contributed by atoms with E-state index in [1.807, 2.05) is 25.1 Å². The Labute approximate surface area is 215 Å². The van der Waals surface area contributed by atoms with E-state index in [0.717, 1.165) is 58.8 Å². The van der Waals surface area contributed by atoms with Gasteiger partial charge in [0.2, 0.25) is 5.95 Å². The van der Waals surface area contributed by atoms with E-state index in [9.17, 15) is 5.11 Å². The summed E-state index contributed by atoms with van der Waals surface area (Å²) in [6, 6.07) is 5.98. The largest absolute Gasteiger partial charge is 0.384 e. The van der Waals surface area contributed by atoms with Gasteiger partial charge < -0.3 is 20.6 Å². The van der Waals surface area contributed by atoms with Crippen LogP contribution in [0.3, 0.4) is 0 Å². The first-order valence-electron chi connectivity index (χ1n) is 12.3. The molecule has 5 heterocycles. The number of aliphatic hydroxyl groups is 1. The molecule has 0 atom stereocenters. The first-order valence-corrected chi connectivity index (χ1v) is 13.2. The van der Waals surface area contributed by atoms with E-state index >= 15 is 0 Å². The Bertz CT molecular complexity index is 1400. The van der Waals surface area contributed by atoms with Gasteiger partial charge >= 0.3 is 0 Å². The average Bonchev–Trinajstić information content (AvgIpc) is 3.34. The predicted molar refractivity (Wildman–Crippen MR) is 146 cm³/mol. The zero-order valence-electron chi connectivity index (χ0n) is 21.8. The highest BCUT2D eigenvalue weighted by Gasteiger charge is 2.24. The summed E-state index contributed by atoms with van der Waals surface area (Å²) in [6.07, 6.45) is 2.19. The fourth-order valence-corrected chi connectivity index (χ4v) is 5.67. The Morgan fingerprint density at radius 2 is 1.81 bits per heavy atom. The van der Waals surface area contributed by atoms with Crippen molar-refractivity contribution >= 4 is 44.8 Å². The van der Waals surface area contributed by atoms with Crippen LogP contribution >= 0.6 is 11.3 Å². The number of piperidine rings is 1. The highest BCUT2D eigenvalue weighted by atomic mass is 32.1. The van der Waals surface area contributed by atoms with E-state index in [-0.39, 0.29) is 0 Å². The molecule has 1 aliphatic heterocycles. The summed E-state index contributed by atoms with van der Waals surface area (Å²) in [4.78, 5) is 17.5. The minimum Gasteiger partial charge on any atom is -0.384 e. The summed E-state index contributed by atoms with van der Waals surface area (Å²) in [5.41, 5.74) is 3.64.